The summed E-state index contributed by atoms with van der Waals surface area (Å²) in [6.45, 7) is 43.3. The van der Waals surface area contributed by atoms with Gasteiger partial charge in [0.05, 0.1) is 6.61 Å². The molecule has 6 heteroatoms. The largest absolute Gasteiger partial charge is 0.508 e. The van der Waals surface area contributed by atoms with Crippen molar-refractivity contribution in [2.24, 2.45) is 0 Å². The van der Waals surface area contributed by atoms with Gasteiger partial charge in [0, 0.05) is 12.3 Å². The fourth-order valence-electron chi connectivity index (χ4n) is 11.3. The molecule has 0 saturated heterocycles. The summed E-state index contributed by atoms with van der Waals surface area (Å²) in [7, 11) is 0. The number of carbonyl (C=O) groups is 1. The van der Waals surface area contributed by atoms with Gasteiger partial charge in [-0.15, -0.1) is 0 Å². The van der Waals surface area contributed by atoms with Crippen molar-refractivity contribution < 1.29 is 30.0 Å². The Balaban J connectivity index is 0.000000411. The molecule has 78 heavy (non-hydrogen) atoms. The van der Waals surface area contributed by atoms with Crippen molar-refractivity contribution in [3.05, 3.63) is 115 Å². The van der Waals surface area contributed by atoms with Gasteiger partial charge in [0.2, 0.25) is 0 Å². The number of carbonyl (C=O) groups excluding carboxylic acids is 1. The number of benzene rings is 4. The van der Waals surface area contributed by atoms with E-state index in [1.54, 1.807) is 0 Å². The highest BCUT2D eigenvalue weighted by Gasteiger charge is 2.31. The van der Waals surface area contributed by atoms with E-state index < -0.39 is 0 Å². The first-order chi connectivity index (χ1) is 36.1. The maximum absolute atomic E-state index is 12.3. The molecule has 0 aliphatic heterocycles. The van der Waals surface area contributed by atoms with Crippen LogP contribution in [0, 0.1) is 20.8 Å². The zero-order valence-corrected chi connectivity index (χ0v) is 53.5. The minimum atomic E-state index is -0.210. The van der Waals surface area contributed by atoms with Gasteiger partial charge in [-0.25, -0.2) is 0 Å². The molecule has 0 fully saturated rings. The van der Waals surface area contributed by atoms with Crippen LogP contribution in [0.2, 0.25) is 0 Å². The van der Waals surface area contributed by atoms with Gasteiger partial charge in [0.25, 0.3) is 0 Å². The second kappa shape index (κ2) is 29.8. The lowest BCUT2D eigenvalue weighted by Crippen LogP contribution is -2.18. The summed E-state index contributed by atoms with van der Waals surface area (Å²) in [6, 6.07) is 16.5. The van der Waals surface area contributed by atoms with E-state index in [1.807, 2.05) is 18.2 Å². The minimum Gasteiger partial charge on any atom is -0.508 e. The molecular formula is C72H114O6. The van der Waals surface area contributed by atoms with E-state index >= 15 is 0 Å². The van der Waals surface area contributed by atoms with Crippen LogP contribution in [0.4, 0.5) is 0 Å². The summed E-state index contributed by atoms with van der Waals surface area (Å²) < 4.78 is 5.51. The van der Waals surface area contributed by atoms with E-state index in [0.29, 0.717) is 42.4 Å². The Kier molecular flexibility index (Phi) is 26.0. The first-order valence-corrected chi connectivity index (χ1v) is 30.6. The lowest BCUT2D eigenvalue weighted by Gasteiger charge is -2.31. The molecule has 0 aliphatic carbocycles. The summed E-state index contributed by atoms with van der Waals surface area (Å²) in [5.74, 6) is 1.54. The number of aromatic hydroxyl groups is 4. The van der Waals surface area contributed by atoms with Gasteiger partial charge in [-0.1, -0.05) is 244 Å². The summed E-state index contributed by atoms with van der Waals surface area (Å²) in [4.78, 5) is 12.3. The molecular weight excluding hydrogens is 961 g/mol. The van der Waals surface area contributed by atoms with Crippen LogP contribution in [0.15, 0.2) is 48.5 Å². The maximum Gasteiger partial charge on any atom is 0.306 e. The maximum atomic E-state index is 12.3. The number of esters is 1. The summed E-state index contributed by atoms with van der Waals surface area (Å²) in [6.07, 6.45) is 23.4. The molecule has 4 rings (SSSR count). The first-order valence-electron chi connectivity index (χ1n) is 30.6. The molecule has 0 aromatic heterocycles. The predicted molar refractivity (Wildman–Crippen MR) is 334 cm³/mol. The molecule has 0 bridgehead atoms. The SMILES string of the molecule is CCCCCCCCCCCCCCCCCCOC(=O)CCc1cc(C(C)(C)C)c(O)c(C(C)(C)C)c1.Cc1cc(O)c(C(C)(C)C)cc1C(C)CC(c1cc(C(C)(C)C)c(O)cc1C)c1cc(C(C)(C)C)c(O)cc1C. The molecule has 4 aromatic carbocycles. The third-order valence-electron chi connectivity index (χ3n) is 16.1. The summed E-state index contributed by atoms with van der Waals surface area (Å²) in [5, 5.41) is 43.5. The fourth-order valence-corrected chi connectivity index (χ4v) is 11.3. The molecule has 1 unspecified atom stereocenters. The fraction of sp³-hybridized carbons (Fsp3) is 0.653. The Morgan fingerprint density at radius 1 is 0.436 bits per heavy atom. The van der Waals surface area contributed by atoms with E-state index in [2.05, 4.69) is 169 Å². The average Bonchev–Trinajstić information content (AvgIpc) is 3.30. The van der Waals surface area contributed by atoms with Crippen LogP contribution >= 0.6 is 0 Å². The number of rotatable bonds is 25. The summed E-state index contributed by atoms with van der Waals surface area (Å²) >= 11 is 0. The second-order valence-corrected chi connectivity index (χ2v) is 28.7. The number of hydrogen-bond acceptors (Lipinski definition) is 6. The van der Waals surface area contributed by atoms with Crippen molar-refractivity contribution in [2.45, 2.75) is 299 Å². The van der Waals surface area contributed by atoms with Crippen molar-refractivity contribution in [3.63, 3.8) is 0 Å². The highest BCUT2D eigenvalue weighted by Crippen LogP contribution is 2.46. The van der Waals surface area contributed by atoms with Crippen LogP contribution in [0.3, 0.4) is 0 Å². The van der Waals surface area contributed by atoms with Gasteiger partial charge in [0.1, 0.15) is 23.0 Å². The molecule has 6 nitrogen and oxygen atoms in total. The molecule has 4 aromatic rings. The monoisotopic (exact) mass is 1070 g/mol. The van der Waals surface area contributed by atoms with Crippen LogP contribution in [-0.4, -0.2) is 33.0 Å². The molecule has 0 heterocycles. The van der Waals surface area contributed by atoms with Gasteiger partial charge in [-0.05, 0) is 158 Å². The molecule has 0 saturated carbocycles. The van der Waals surface area contributed by atoms with Crippen molar-refractivity contribution in [3.8, 4) is 23.0 Å². The molecule has 4 N–H and O–H groups in total. The number of hydrogen-bond donors (Lipinski definition) is 4. The van der Waals surface area contributed by atoms with E-state index in [1.165, 1.54) is 107 Å². The Morgan fingerprint density at radius 3 is 1.08 bits per heavy atom. The van der Waals surface area contributed by atoms with Gasteiger partial charge < -0.3 is 25.2 Å². The quantitative estimate of drug-likeness (QED) is 0.0389. The highest BCUT2D eigenvalue weighted by molar-refractivity contribution is 5.70. The van der Waals surface area contributed by atoms with E-state index in [0.717, 1.165) is 69.3 Å². The number of aryl methyl sites for hydroxylation is 4. The lowest BCUT2D eigenvalue weighted by atomic mass is 9.74. The Bertz CT molecular complexity index is 2390. The Hall–Kier alpha value is -4.45. The van der Waals surface area contributed by atoms with Crippen molar-refractivity contribution in [1.29, 1.82) is 0 Å². The van der Waals surface area contributed by atoms with Crippen molar-refractivity contribution >= 4 is 5.97 Å². The number of unbranched alkanes of at least 4 members (excludes halogenated alkanes) is 15. The van der Waals surface area contributed by atoms with Crippen molar-refractivity contribution in [2.75, 3.05) is 6.61 Å². The third kappa shape index (κ3) is 21.2. The lowest BCUT2D eigenvalue weighted by molar-refractivity contribution is -0.143. The zero-order chi connectivity index (χ0) is 59.0. The van der Waals surface area contributed by atoms with Gasteiger partial charge in [-0.3, -0.25) is 4.79 Å². The predicted octanol–water partition coefficient (Wildman–Crippen LogP) is 20.7. The number of ether oxygens (including phenoxy) is 1. The van der Waals surface area contributed by atoms with Gasteiger partial charge in [0.15, 0.2) is 0 Å². The molecule has 438 valence electrons. The Morgan fingerprint density at radius 2 is 0.744 bits per heavy atom. The molecule has 0 aliphatic rings. The first kappa shape index (κ1) is 67.8. The molecule has 1 atom stereocenters. The third-order valence-corrected chi connectivity index (χ3v) is 16.1. The van der Waals surface area contributed by atoms with E-state index in [4.69, 9.17) is 4.74 Å². The van der Waals surface area contributed by atoms with E-state index in [9.17, 15) is 25.2 Å². The zero-order valence-electron chi connectivity index (χ0n) is 53.5. The normalized spacial score (nSPS) is 12.9. The van der Waals surface area contributed by atoms with Gasteiger partial charge >= 0.3 is 5.97 Å². The Labute approximate surface area is 478 Å². The standard InChI is InChI=1S/C37H52O3.C35H62O3/c1-21(25-18-29(35(5,6)7)32(38)15-22(25)2)14-28(26-19-30(36(8,9)10)33(39)16-23(26)3)27-20-31(37(11,12)13)34(40)17-24(27)4;1-8-9-10-11-12-13-14-15-16-17-18-19-20-21-22-23-26-38-32(36)25-24-29-27-30(34(2,3)4)33(37)31(28-29)35(5,6)7/h15-21,28,38-40H,14H2,1-13H3;27-28,37H,8-26H2,1-7H3. The second-order valence-electron chi connectivity index (χ2n) is 28.7. The van der Waals surface area contributed by atoms with Crippen LogP contribution in [-0.2, 0) is 43.0 Å². The van der Waals surface area contributed by atoms with Crippen LogP contribution in [0.5, 0.6) is 23.0 Å². The average molecular weight is 1080 g/mol. The van der Waals surface area contributed by atoms with Crippen LogP contribution in [0.1, 0.15) is 312 Å². The number of phenolic OH excluding ortho intramolecular Hbond substituents is 4. The number of phenols is 4. The smallest absolute Gasteiger partial charge is 0.306 e. The topological polar surface area (TPSA) is 107 Å². The molecule has 0 amide bonds. The van der Waals surface area contributed by atoms with Crippen molar-refractivity contribution in [1.82, 2.24) is 0 Å². The van der Waals surface area contributed by atoms with Crippen LogP contribution < -0.4 is 0 Å². The van der Waals surface area contributed by atoms with E-state index in [-0.39, 0.29) is 44.9 Å². The summed E-state index contributed by atoms with van der Waals surface area (Å²) in [5.41, 5.74) is 11.8. The van der Waals surface area contributed by atoms with Crippen LogP contribution in [0.25, 0.3) is 0 Å². The highest BCUT2D eigenvalue weighted by atomic mass is 16.5. The molecule has 0 radical (unpaired) electrons. The minimum absolute atomic E-state index is 0.0460. The van der Waals surface area contributed by atoms with Gasteiger partial charge in [-0.2, -0.15) is 0 Å². The molecule has 0 spiro atoms.